The number of carbonyl (C=O) groups is 2. The third-order valence-electron chi connectivity index (χ3n) is 3.01. The van der Waals surface area contributed by atoms with Crippen LogP contribution in [0.4, 0.5) is 4.79 Å². The molecule has 6 heteroatoms. The second kappa shape index (κ2) is 10.5. The van der Waals surface area contributed by atoms with Gasteiger partial charge in [-0.2, -0.15) is 0 Å². The Hall–Kier alpha value is -1.30. The largest absolute Gasteiger partial charge is 0.460 e. The molecular formula is C18H35NO5. The Balaban J connectivity index is 4.53. The van der Waals surface area contributed by atoms with E-state index in [-0.39, 0.29) is 25.0 Å². The second-order valence-electron chi connectivity index (χ2n) is 8.06. The van der Waals surface area contributed by atoms with Crippen molar-refractivity contribution >= 4 is 12.1 Å². The molecule has 6 nitrogen and oxygen atoms in total. The quantitative estimate of drug-likeness (QED) is 0.493. The van der Waals surface area contributed by atoms with Gasteiger partial charge < -0.3 is 19.9 Å². The highest BCUT2D eigenvalue weighted by molar-refractivity contribution is 5.73. The maximum atomic E-state index is 12.0. The predicted molar refractivity (Wildman–Crippen MR) is 93.8 cm³/mol. The molecule has 0 radical (unpaired) electrons. The molecule has 24 heavy (non-hydrogen) atoms. The molecule has 0 rings (SSSR count). The summed E-state index contributed by atoms with van der Waals surface area (Å²) in [6, 6.07) is -0.316. The third-order valence-corrected chi connectivity index (χ3v) is 3.01. The summed E-state index contributed by atoms with van der Waals surface area (Å²) in [5.74, 6) is -0.334. The van der Waals surface area contributed by atoms with Gasteiger partial charge in [0.1, 0.15) is 11.2 Å². The van der Waals surface area contributed by atoms with Gasteiger partial charge in [0.15, 0.2) is 0 Å². The molecule has 0 aliphatic rings. The van der Waals surface area contributed by atoms with Gasteiger partial charge in [-0.1, -0.05) is 19.3 Å². The van der Waals surface area contributed by atoms with Crippen molar-refractivity contribution in [2.24, 2.45) is 0 Å². The highest BCUT2D eigenvalue weighted by Gasteiger charge is 2.24. The monoisotopic (exact) mass is 345 g/mol. The first kappa shape index (κ1) is 22.7. The smallest absolute Gasteiger partial charge is 0.407 e. The standard InChI is InChI=1S/C18H35NO5/c1-17(2,3)23-15(21)13-14(11-9-7-8-10-12-20)19-16(22)24-18(4,5)6/h14,20H,7-13H2,1-6H3,(H,19,22). The Labute approximate surface area is 146 Å². The zero-order valence-electron chi connectivity index (χ0n) is 16.1. The minimum Gasteiger partial charge on any atom is -0.460 e. The number of alkyl carbamates (subject to hydrolysis) is 1. The number of aliphatic hydroxyl groups excluding tert-OH is 1. The van der Waals surface area contributed by atoms with Crippen LogP contribution in [0.1, 0.15) is 80.1 Å². The van der Waals surface area contributed by atoms with Crippen molar-refractivity contribution in [3.8, 4) is 0 Å². The number of aliphatic hydroxyl groups is 1. The average Bonchev–Trinajstić information content (AvgIpc) is 2.33. The molecule has 0 aromatic rings. The van der Waals surface area contributed by atoms with Gasteiger partial charge in [0, 0.05) is 12.6 Å². The van der Waals surface area contributed by atoms with E-state index >= 15 is 0 Å². The molecule has 1 unspecified atom stereocenters. The number of rotatable bonds is 9. The van der Waals surface area contributed by atoms with E-state index in [1.807, 2.05) is 20.8 Å². The highest BCUT2D eigenvalue weighted by atomic mass is 16.6. The Bertz CT molecular complexity index is 352. The maximum absolute atomic E-state index is 12.0. The minimum atomic E-state index is -0.582. The van der Waals surface area contributed by atoms with E-state index in [1.165, 1.54) is 0 Å². The number of esters is 1. The number of hydrogen-bond acceptors (Lipinski definition) is 5. The molecule has 0 aromatic carbocycles. The summed E-state index contributed by atoms with van der Waals surface area (Å²) in [5.41, 5.74) is -1.13. The van der Waals surface area contributed by atoms with Crippen LogP contribution in [0.25, 0.3) is 0 Å². The lowest BCUT2D eigenvalue weighted by molar-refractivity contribution is -0.155. The first-order valence-electron chi connectivity index (χ1n) is 8.75. The van der Waals surface area contributed by atoms with Crippen LogP contribution in [0.5, 0.6) is 0 Å². The molecule has 2 N–H and O–H groups in total. The van der Waals surface area contributed by atoms with Crippen LogP contribution in [0.3, 0.4) is 0 Å². The summed E-state index contributed by atoms with van der Waals surface area (Å²) in [6.45, 7) is 11.0. The highest BCUT2D eigenvalue weighted by Crippen LogP contribution is 2.14. The van der Waals surface area contributed by atoms with E-state index in [2.05, 4.69) is 5.32 Å². The zero-order valence-corrected chi connectivity index (χ0v) is 16.1. The van der Waals surface area contributed by atoms with E-state index in [0.717, 1.165) is 25.7 Å². The van der Waals surface area contributed by atoms with Crippen LogP contribution < -0.4 is 5.32 Å². The molecule has 0 bridgehead atoms. The van der Waals surface area contributed by atoms with Crippen LogP contribution in [0, 0.1) is 0 Å². The summed E-state index contributed by atoms with van der Waals surface area (Å²) >= 11 is 0. The van der Waals surface area contributed by atoms with Crippen molar-refractivity contribution in [2.75, 3.05) is 6.61 Å². The van der Waals surface area contributed by atoms with E-state index < -0.39 is 17.3 Å². The lowest BCUT2D eigenvalue weighted by atomic mass is 10.0. The first-order valence-corrected chi connectivity index (χ1v) is 8.75. The van der Waals surface area contributed by atoms with Gasteiger partial charge in [-0.25, -0.2) is 4.79 Å². The van der Waals surface area contributed by atoms with Crippen LogP contribution >= 0.6 is 0 Å². The SMILES string of the molecule is CC(C)(C)OC(=O)CC(CCCCCCO)NC(=O)OC(C)(C)C. The summed E-state index contributed by atoms with van der Waals surface area (Å²) in [6.07, 6.45) is 3.79. The van der Waals surface area contributed by atoms with Gasteiger partial charge in [0.05, 0.1) is 6.42 Å². The normalized spacial score (nSPS) is 13.3. The Morgan fingerprint density at radius 3 is 1.96 bits per heavy atom. The Morgan fingerprint density at radius 1 is 0.917 bits per heavy atom. The minimum absolute atomic E-state index is 0.122. The molecule has 142 valence electrons. The summed E-state index contributed by atoms with van der Waals surface area (Å²) < 4.78 is 10.6. The molecule has 0 aliphatic heterocycles. The first-order chi connectivity index (χ1) is 10.9. The van der Waals surface area contributed by atoms with Crippen molar-refractivity contribution in [2.45, 2.75) is 97.3 Å². The molecule has 0 aromatic heterocycles. The fraction of sp³-hybridized carbons (Fsp3) is 0.889. The van der Waals surface area contributed by atoms with Gasteiger partial charge in [-0.15, -0.1) is 0 Å². The van der Waals surface area contributed by atoms with E-state index in [9.17, 15) is 9.59 Å². The topological polar surface area (TPSA) is 84.9 Å². The fourth-order valence-corrected chi connectivity index (χ4v) is 2.14. The lowest BCUT2D eigenvalue weighted by Gasteiger charge is -2.25. The van der Waals surface area contributed by atoms with Crippen LogP contribution in [0.2, 0.25) is 0 Å². The number of amides is 1. The molecule has 0 saturated heterocycles. The van der Waals surface area contributed by atoms with Crippen LogP contribution in [-0.4, -0.2) is 41.0 Å². The van der Waals surface area contributed by atoms with Crippen molar-refractivity contribution < 1.29 is 24.2 Å². The lowest BCUT2D eigenvalue weighted by Crippen LogP contribution is -2.41. The van der Waals surface area contributed by atoms with E-state index in [0.29, 0.717) is 6.42 Å². The van der Waals surface area contributed by atoms with Crippen molar-refractivity contribution in [1.29, 1.82) is 0 Å². The van der Waals surface area contributed by atoms with E-state index in [1.54, 1.807) is 20.8 Å². The average molecular weight is 345 g/mol. The number of ether oxygens (including phenoxy) is 2. The molecule has 1 atom stereocenters. The molecule has 1 amide bonds. The molecule has 0 heterocycles. The van der Waals surface area contributed by atoms with Crippen molar-refractivity contribution in [3.05, 3.63) is 0 Å². The van der Waals surface area contributed by atoms with Crippen molar-refractivity contribution in [3.63, 3.8) is 0 Å². The summed E-state index contributed by atoms with van der Waals surface area (Å²) in [4.78, 5) is 24.0. The molecule has 0 spiro atoms. The summed E-state index contributed by atoms with van der Waals surface area (Å²) in [7, 11) is 0. The zero-order chi connectivity index (χ0) is 18.8. The third kappa shape index (κ3) is 14.3. The van der Waals surface area contributed by atoms with Gasteiger partial charge in [0.25, 0.3) is 0 Å². The number of unbranched alkanes of at least 4 members (excludes halogenated alkanes) is 3. The second-order valence-corrected chi connectivity index (χ2v) is 8.06. The Morgan fingerprint density at radius 2 is 1.46 bits per heavy atom. The maximum Gasteiger partial charge on any atom is 0.407 e. The number of hydrogen-bond donors (Lipinski definition) is 2. The van der Waals surface area contributed by atoms with Crippen molar-refractivity contribution in [1.82, 2.24) is 5.32 Å². The molecule has 0 aliphatic carbocycles. The predicted octanol–water partition coefficient (Wildman–Crippen LogP) is 3.55. The van der Waals surface area contributed by atoms with Crippen LogP contribution in [-0.2, 0) is 14.3 Å². The fourth-order valence-electron chi connectivity index (χ4n) is 2.14. The van der Waals surface area contributed by atoms with Gasteiger partial charge in [-0.3, -0.25) is 4.79 Å². The van der Waals surface area contributed by atoms with Gasteiger partial charge in [0.2, 0.25) is 0 Å². The number of carbonyl (C=O) groups excluding carboxylic acids is 2. The Kier molecular flexibility index (Phi) is 9.97. The van der Waals surface area contributed by atoms with Gasteiger partial charge in [-0.05, 0) is 54.4 Å². The molecule has 0 saturated carbocycles. The summed E-state index contributed by atoms with van der Waals surface area (Å²) in [5, 5.41) is 11.6. The van der Waals surface area contributed by atoms with Gasteiger partial charge >= 0.3 is 12.1 Å². The molecular weight excluding hydrogens is 310 g/mol. The number of nitrogens with one attached hydrogen (secondary N) is 1. The van der Waals surface area contributed by atoms with Crippen LogP contribution in [0.15, 0.2) is 0 Å². The molecule has 0 fully saturated rings. The van der Waals surface area contributed by atoms with E-state index in [4.69, 9.17) is 14.6 Å².